The Labute approximate surface area is 92.2 Å². The maximum Gasteiger partial charge on any atom is 0.0598 e. The van der Waals surface area contributed by atoms with E-state index in [0.717, 1.165) is 24.9 Å². The van der Waals surface area contributed by atoms with Crippen molar-refractivity contribution in [2.24, 2.45) is 11.8 Å². The molecule has 0 radical (unpaired) electrons. The first-order valence-corrected chi connectivity index (χ1v) is 6.13. The second-order valence-corrected chi connectivity index (χ2v) is 4.94. The molecule has 0 bridgehead atoms. The lowest BCUT2D eigenvalue weighted by molar-refractivity contribution is 0.0773. The molecule has 0 aliphatic carbocycles. The van der Waals surface area contributed by atoms with Crippen LogP contribution in [0.2, 0.25) is 0 Å². The van der Waals surface area contributed by atoms with Crippen molar-refractivity contribution >= 4 is 11.6 Å². The van der Waals surface area contributed by atoms with Gasteiger partial charge in [0.15, 0.2) is 0 Å². The lowest BCUT2D eigenvalue weighted by atomic mass is 9.87. The van der Waals surface area contributed by atoms with Crippen molar-refractivity contribution in [2.75, 3.05) is 25.6 Å². The molecule has 1 heterocycles. The summed E-state index contributed by atoms with van der Waals surface area (Å²) in [5.74, 6) is 2.06. The molecule has 3 heteroatoms. The van der Waals surface area contributed by atoms with E-state index in [9.17, 15) is 5.11 Å². The quantitative estimate of drug-likeness (QED) is 0.731. The summed E-state index contributed by atoms with van der Waals surface area (Å²) in [7, 11) is 0. The van der Waals surface area contributed by atoms with E-state index in [1.807, 2.05) is 0 Å². The zero-order valence-corrected chi connectivity index (χ0v) is 10.0. The molecule has 2 atom stereocenters. The Morgan fingerprint density at radius 3 is 2.71 bits per heavy atom. The topological polar surface area (TPSA) is 23.5 Å². The molecule has 14 heavy (non-hydrogen) atoms. The lowest BCUT2D eigenvalue weighted by Gasteiger charge is -2.38. The third kappa shape index (κ3) is 3.11. The van der Waals surface area contributed by atoms with Gasteiger partial charge in [0.25, 0.3) is 0 Å². The van der Waals surface area contributed by atoms with Gasteiger partial charge in [-0.15, -0.1) is 11.6 Å². The number of alkyl halides is 1. The standard InChI is InChI=1S/C11H22ClNO/c1-9(2)10-4-3-5-13(7-10)11(6-12)8-14/h9-11,14H,3-8H2,1-2H3. The van der Waals surface area contributed by atoms with E-state index in [1.54, 1.807) is 0 Å². The smallest absolute Gasteiger partial charge is 0.0598 e. The van der Waals surface area contributed by atoms with Crippen LogP contribution in [0.3, 0.4) is 0 Å². The second-order valence-electron chi connectivity index (χ2n) is 4.63. The molecular formula is C11H22ClNO. The van der Waals surface area contributed by atoms with Crippen molar-refractivity contribution in [1.82, 2.24) is 4.90 Å². The van der Waals surface area contributed by atoms with E-state index in [0.29, 0.717) is 5.88 Å². The van der Waals surface area contributed by atoms with Crippen LogP contribution in [0.1, 0.15) is 26.7 Å². The molecule has 1 fully saturated rings. The molecule has 0 aromatic carbocycles. The Kier molecular flexibility index (Phi) is 5.21. The molecule has 2 unspecified atom stereocenters. The zero-order valence-electron chi connectivity index (χ0n) is 9.25. The first-order valence-electron chi connectivity index (χ1n) is 5.60. The SMILES string of the molecule is CC(C)C1CCCN(C(CO)CCl)C1. The highest BCUT2D eigenvalue weighted by atomic mass is 35.5. The van der Waals surface area contributed by atoms with Crippen LogP contribution in [0.4, 0.5) is 0 Å². The van der Waals surface area contributed by atoms with E-state index in [-0.39, 0.29) is 12.6 Å². The summed E-state index contributed by atoms with van der Waals surface area (Å²) in [6, 6.07) is 0.165. The van der Waals surface area contributed by atoms with Gasteiger partial charge >= 0.3 is 0 Å². The molecule has 0 spiro atoms. The van der Waals surface area contributed by atoms with E-state index >= 15 is 0 Å². The van der Waals surface area contributed by atoms with Gasteiger partial charge < -0.3 is 5.11 Å². The maximum absolute atomic E-state index is 9.18. The molecule has 1 aliphatic rings. The van der Waals surface area contributed by atoms with Gasteiger partial charge in [-0.2, -0.15) is 0 Å². The minimum Gasteiger partial charge on any atom is -0.395 e. The van der Waals surface area contributed by atoms with E-state index in [2.05, 4.69) is 18.7 Å². The largest absolute Gasteiger partial charge is 0.395 e. The molecule has 0 aromatic rings. The van der Waals surface area contributed by atoms with Crippen molar-refractivity contribution in [3.8, 4) is 0 Å². The number of piperidine rings is 1. The van der Waals surface area contributed by atoms with Crippen molar-refractivity contribution in [3.05, 3.63) is 0 Å². The van der Waals surface area contributed by atoms with Gasteiger partial charge in [-0.05, 0) is 31.2 Å². The van der Waals surface area contributed by atoms with E-state index in [1.165, 1.54) is 12.8 Å². The average molecular weight is 220 g/mol. The third-order valence-corrected chi connectivity index (χ3v) is 3.69. The summed E-state index contributed by atoms with van der Waals surface area (Å²) in [6.45, 7) is 6.96. The molecule has 1 rings (SSSR count). The highest BCUT2D eigenvalue weighted by Crippen LogP contribution is 2.24. The van der Waals surface area contributed by atoms with E-state index < -0.39 is 0 Å². The van der Waals surface area contributed by atoms with Crippen LogP contribution in [0.15, 0.2) is 0 Å². The van der Waals surface area contributed by atoms with Crippen LogP contribution >= 0.6 is 11.6 Å². The van der Waals surface area contributed by atoms with Crippen LogP contribution in [0, 0.1) is 11.8 Å². The molecule has 0 amide bonds. The normalized spacial score (nSPS) is 26.8. The molecule has 1 N–H and O–H groups in total. The number of rotatable bonds is 4. The van der Waals surface area contributed by atoms with Gasteiger partial charge in [0.2, 0.25) is 0 Å². The minimum atomic E-state index is 0.165. The van der Waals surface area contributed by atoms with Crippen molar-refractivity contribution in [2.45, 2.75) is 32.7 Å². The summed E-state index contributed by atoms with van der Waals surface area (Å²) < 4.78 is 0. The number of hydrogen-bond donors (Lipinski definition) is 1. The molecule has 84 valence electrons. The molecule has 1 saturated heterocycles. The first-order chi connectivity index (χ1) is 6.69. The Hall–Kier alpha value is 0.210. The van der Waals surface area contributed by atoms with E-state index in [4.69, 9.17) is 11.6 Å². The number of halogens is 1. The predicted octanol–water partition coefficient (Wildman–Crippen LogP) is 1.95. The van der Waals surface area contributed by atoms with Crippen molar-refractivity contribution in [3.63, 3.8) is 0 Å². The summed E-state index contributed by atoms with van der Waals surface area (Å²) >= 11 is 5.83. The number of hydrogen-bond acceptors (Lipinski definition) is 2. The minimum absolute atomic E-state index is 0.165. The summed E-state index contributed by atoms with van der Waals surface area (Å²) in [5, 5.41) is 9.18. The number of aliphatic hydroxyl groups excluding tert-OH is 1. The summed E-state index contributed by atoms with van der Waals surface area (Å²) in [4.78, 5) is 2.35. The molecular weight excluding hydrogens is 198 g/mol. The zero-order chi connectivity index (χ0) is 10.6. The van der Waals surface area contributed by atoms with Gasteiger partial charge in [-0.1, -0.05) is 13.8 Å². The monoisotopic (exact) mass is 219 g/mol. The van der Waals surface area contributed by atoms with Gasteiger partial charge in [0.1, 0.15) is 0 Å². The molecule has 2 nitrogen and oxygen atoms in total. The number of nitrogens with zero attached hydrogens (tertiary/aromatic N) is 1. The molecule has 0 saturated carbocycles. The van der Waals surface area contributed by atoms with Crippen LogP contribution in [-0.4, -0.2) is 41.6 Å². The average Bonchev–Trinajstić information content (AvgIpc) is 2.20. The van der Waals surface area contributed by atoms with Crippen LogP contribution < -0.4 is 0 Å². The van der Waals surface area contributed by atoms with Crippen molar-refractivity contribution in [1.29, 1.82) is 0 Å². The fourth-order valence-corrected chi connectivity index (χ4v) is 2.47. The van der Waals surface area contributed by atoms with Crippen molar-refractivity contribution < 1.29 is 5.11 Å². The predicted molar refractivity (Wildman–Crippen MR) is 60.7 cm³/mol. The number of aliphatic hydroxyl groups is 1. The molecule has 1 aliphatic heterocycles. The molecule has 0 aromatic heterocycles. The Bertz CT molecular complexity index is 159. The van der Waals surface area contributed by atoms with Gasteiger partial charge in [-0.25, -0.2) is 0 Å². The highest BCUT2D eigenvalue weighted by Gasteiger charge is 2.26. The third-order valence-electron chi connectivity index (χ3n) is 3.34. The van der Waals surface area contributed by atoms with Gasteiger partial charge in [-0.3, -0.25) is 4.90 Å². The lowest BCUT2D eigenvalue weighted by Crippen LogP contribution is -2.46. The van der Waals surface area contributed by atoms with Crippen LogP contribution in [0.5, 0.6) is 0 Å². The second kappa shape index (κ2) is 5.94. The van der Waals surface area contributed by atoms with Crippen LogP contribution in [-0.2, 0) is 0 Å². The Balaban J connectivity index is 2.46. The Morgan fingerprint density at radius 1 is 1.50 bits per heavy atom. The van der Waals surface area contributed by atoms with Gasteiger partial charge in [0.05, 0.1) is 6.61 Å². The van der Waals surface area contributed by atoms with Gasteiger partial charge in [0, 0.05) is 18.5 Å². The summed E-state index contributed by atoms with van der Waals surface area (Å²) in [6.07, 6.45) is 2.57. The first kappa shape index (κ1) is 12.3. The van der Waals surface area contributed by atoms with Crippen LogP contribution in [0.25, 0.3) is 0 Å². The fraction of sp³-hybridized carbons (Fsp3) is 1.00. The highest BCUT2D eigenvalue weighted by molar-refractivity contribution is 6.18. The maximum atomic E-state index is 9.18. The number of likely N-dealkylation sites (tertiary alicyclic amines) is 1. The Morgan fingerprint density at radius 2 is 2.21 bits per heavy atom. The fourth-order valence-electron chi connectivity index (χ4n) is 2.18. The summed E-state index contributed by atoms with van der Waals surface area (Å²) in [5.41, 5.74) is 0.